The Kier molecular flexibility index (Phi) is 8.62. The number of ether oxygens (including phenoxy) is 2. The van der Waals surface area contributed by atoms with Crippen molar-refractivity contribution in [3.8, 4) is 11.5 Å². The van der Waals surface area contributed by atoms with Gasteiger partial charge in [0.2, 0.25) is 0 Å². The highest BCUT2D eigenvalue weighted by atomic mass is 79.9. The zero-order chi connectivity index (χ0) is 25.8. The lowest BCUT2D eigenvalue weighted by Gasteiger charge is -2.17. The summed E-state index contributed by atoms with van der Waals surface area (Å²) in [7, 11) is 3.94. The molecule has 0 saturated carbocycles. The Labute approximate surface area is 234 Å². The number of rotatable bonds is 8. The first kappa shape index (κ1) is 26.5. The zero-order valence-electron chi connectivity index (χ0n) is 20.0. The summed E-state index contributed by atoms with van der Waals surface area (Å²) >= 11 is 16.4. The Morgan fingerprint density at radius 1 is 1.08 bits per heavy atom. The normalized spacial score (nSPS) is 14.5. The summed E-state index contributed by atoms with van der Waals surface area (Å²) in [6.45, 7) is 2.75. The van der Waals surface area contributed by atoms with Crippen LogP contribution in [0.3, 0.4) is 0 Å². The molecular formula is C27H24BrClN2O3S2. The van der Waals surface area contributed by atoms with Crippen LogP contribution >= 0.6 is 51.5 Å². The average molecular weight is 604 g/mol. The number of amides is 1. The van der Waals surface area contributed by atoms with Crippen LogP contribution in [0, 0.1) is 0 Å². The zero-order valence-corrected chi connectivity index (χ0v) is 23.9. The molecule has 0 bridgehead atoms. The molecule has 186 valence electrons. The summed E-state index contributed by atoms with van der Waals surface area (Å²) in [5.74, 6) is 1.03. The van der Waals surface area contributed by atoms with E-state index in [1.165, 1.54) is 11.8 Å². The van der Waals surface area contributed by atoms with Gasteiger partial charge < -0.3 is 14.4 Å². The average Bonchev–Trinajstić information content (AvgIpc) is 3.12. The number of carbonyl (C=O) groups is 1. The molecule has 0 radical (unpaired) electrons. The van der Waals surface area contributed by atoms with Crippen molar-refractivity contribution < 1.29 is 14.3 Å². The smallest absolute Gasteiger partial charge is 0.270 e. The van der Waals surface area contributed by atoms with E-state index in [2.05, 4.69) is 15.9 Å². The van der Waals surface area contributed by atoms with Gasteiger partial charge in [-0.1, -0.05) is 47.7 Å². The first-order valence-corrected chi connectivity index (χ1v) is 13.6. The van der Waals surface area contributed by atoms with E-state index in [4.69, 9.17) is 33.3 Å². The van der Waals surface area contributed by atoms with Crippen molar-refractivity contribution in [1.29, 1.82) is 0 Å². The Hall–Kier alpha value is -2.52. The van der Waals surface area contributed by atoms with Gasteiger partial charge in [0.1, 0.15) is 6.61 Å². The van der Waals surface area contributed by atoms with Gasteiger partial charge in [-0.05, 0) is 88.6 Å². The third-order valence-corrected chi connectivity index (χ3v) is 7.49. The number of hydrogen-bond donors (Lipinski definition) is 0. The van der Waals surface area contributed by atoms with Gasteiger partial charge in [-0.2, -0.15) is 0 Å². The van der Waals surface area contributed by atoms with Crippen molar-refractivity contribution >= 4 is 79.2 Å². The SMILES string of the molecule is CCOc1cc(/C=C2/SC(=S)N(c3ccc(N(C)C)cc3)C2=O)cc(Br)c1OCc1ccc(Cl)cc1. The number of benzene rings is 3. The summed E-state index contributed by atoms with van der Waals surface area (Å²) in [6.07, 6.45) is 1.82. The first-order chi connectivity index (χ1) is 17.3. The van der Waals surface area contributed by atoms with Gasteiger partial charge in [-0.15, -0.1) is 0 Å². The van der Waals surface area contributed by atoms with Crippen molar-refractivity contribution in [2.24, 2.45) is 0 Å². The van der Waals surface area contributed by atoms with E-state index in [1.807, 2.05) is 92.7 Å². The molecular weight excluding hydrogens is 580 g/mol. The molecule has 0 atom stereocenters. The number of thioether (sulfide) groups is 1. The second-order valence-electron chi connectivity index (χ2n) is 8.11. The molecule has 1 aliphatic rings. The number of hydrogen-bond acceptors (Lipinski definition) is 6. The lowest BCUT2D eigenvalue weighted by Crippen LogP contribution is -2.27. The van der Waals surface area contributed by atoms with Gasteiger partial charge in [-0.25, -0.2) is 0 Å². The van der Waals surface area contributed by atoms with E-state index in [0.29, 0.717) is 39.0 Å². The number of thiocarbonyl (C=S) groups is 1. The van der Waals surface area contributed by atoms with Gasteiger partial charge in [0, 0.05) is 24.8 Å². The molecule has 3 aromatic carbocycles. The molecule has 1 saturated heterocycles. The third-order valence-electron chi connectivity index (χ3n) is 5.34. The van der Waals surface area contributed by atoms with Crippen LogP contribution < -0.4 is 19.3 Å². The highest BCUT2D eigenvalue weighted by Gasteiger charge is 2.33. The largest absolute Gasteiger partial charge is 0.490 e. The molecule has 1 amide bonds. The lowest BCUT2D eigenvalue weighted by molar-refractivity contribution is -0.113. The summed E-state index contributed by atoms with van der Waals surface area (Å²) in [6, 6.07) is 19.0. The highest BCUT2D eigenvalue weighted by molar-refractivity contribution is 9.10. The fourth-order valence-electron chi connectivity index (χ4n) is 3.55. The molecule has 4 rings (SSSR count). The molecule has 1 fully saturated rings. The molecule has 9 heteroatoms. The van der Waals surface area contributed by atoms with Gasteiger partial charge >= 0.3 is 0 Å². The topological polar surface area (TPSA) is 42.0 Å². The minimum Gasteiger partial charge on any atom is -0.490 e. The van der Waals surface area contributed by atoms with Crippen molar-refractivity contribution in [1.82, 2.24) is 0 Å². The van der Waals surface area contributed by atoms with Crippen molar-refractivity contribution in [2.45, 2.75) is 13.5 Å². The van der Waals surface area contributed by atoms with Crippen molar-refractivity contribution in [3.63, 3.8) is 0 Å². The van der Waals surface area contributed by atoms with Crippen LogP contribution in [0.15, 0.2) is 70.0 Å². The molecule has 5 nitrogen and oxygen atoms in total. The van der Waals surface area contributed by atoms with Crippen LogP contribution in [0.2, 0.25) is 5.02 Å². The quantitative estimate of drug-likeness (QED) is 0.196. The second kappa shape index (κ2) is 11.7. The Morgan fingerprint density at radius 2 is 1.78 bits per heavy atom. The molecule has 0 aromatic heterocycles. The maximum atomic E-state index is 13.2. The van der Waals surface area contributed by atoms with E-state index >= 15 is 0 Å². The third kappa shape index (κ3) is 6.06. The number of carbonyl (C=O) groups excluding carboxylic acids is 1. The minimum absolute atomic E-state index is 0.153. The maximum Gasteiger partial charge on any atom is 0.270 e. The number of halogens is 2. The van der Waals surface area contributed by atoms with Crippen LogP contribution in [-0.2, 0) is 11.4 Å². The predicted molar refractivity (Wildman–Crippen MR) is 158 cm³/mol. The van der Waals surface area contributed by atoms with Gasteiger partial charge in [-0.3, -0.25) is 9.69 Å². The molecule has 0 aliphatic carbocycles. The van der Waals surface area contributed by atoms with Crippen molar-refractivity contribution in [3.05, 3.63) is 86.2 Å². The molecule has 0 N–H and O–H groups in total. The van der Waals surface area contributed by atoms with Crippen LogP contribution in [0.5, 0.6) is 11.5 Å². The molecule has 0 unspecified atom stereocenters. The Balaban J connectivity index is 1.57. The molecule has 3 aromatic rings. The second-order valence-corrected chi connectivity index (χ2v) is 11.1. The van der Waals surface area contributed by atoms with Crippen LogP contribution in [0.25, 0.3) is 6.08 Å². The minimum atomic E-state index is -0.153. The highest BCUT2D eigenvalue weighted by Crippen LogP contribution is 2.41. The van der Waals surface area contributed by atoms with Crippen LogP contribution in [-0.4, -0.2) is 30.9 Å². The Bertz CT molecular complexity index is 1310. The predicted octanol–water partition coefficient (Wildman–Crippen LogP) is 7.55. The lowest BCUT2D eigenvalue weighted by atomic mass is 10.1. The number of nitrogens with zero attached hydrogens (tertiary/aromatic N) is 2. The fraction of sp³-hybridized carbons (Fsp3) is 0.185. The fourth-order valence-corrected chi connectivity index (χ4v) is 5.55. The van der Waals surface area contributed by atoms with Gasteiger partial charge in [0.25, 0.3) is 5.91 Å². The van der Waals surface area contributed by atoms with Crippen molar-refractivity contribution in [2.75, 3.05) is 30.5 Å². The summed E-state index contributed by atoms with van der Waals surface area (Å²) in [4.78, 5) is 17.4. The van der Waals surface area contributed by atoms with E-state index in [1.54, 1.807) is 4.90 Å². The van der Waals surface area contributed by atoms with Gasteiger partial charge in [0.15, 0.2) is 15.8 Å². The molecule has 0 spiro atoms. The summed E-state index contributed by atoms with van der Waals surface area (Å²) < 4.78 is 13.2. The van der Waals surface area contributed by atoms with Crippen LogP contribution in [0.4, 0.5) is 11.4 Å². The summed E-state index contributed by atoms with van der Waals surface area (Å²) in [5, 5.41) is 0.676. The van der Waals surface area contributed by atoms with E-state index in [-0.39, 0.29) is 5.91 Å². The molecule has 1 aliphatic heterocycles. The van der Waals surface area contributed by atoms with Crippen LogP contribution in [0.1, 0.15) is 18.1 Å². The monoisotopic (exact) mass is 602 g/mol. The summed E-state index contributed by atoms with van der Waals surface area (Å²) in [5.41, 5.74) is 3.58. The maximum absolute atomic E-state index is 13.2. The molecule has 36 heavy (non-hydrogen) atoms. The van der Waals surface area contributed by atoms with E-state index in [9.17, 15) is 4.79 Å². The van der Waals surface area contributed by atoms with E-state index < -0.39 is 0 Å². The first-order valence-electron chi connectivity index (χ1n) is 11.2. The van der Waals surface area contributed by atoms with Gasteiger partial charge in [0.05, 0.1) is 21.7 Å². The molecule has 1 heterocycles. The number of anilines is 2. The standard InChI is InChI=1S/C27H24BrClN2O3S2/c1-4-33-23-14-18(13-22(28)25(23)34-16-17-5-7-19(29)8-6-17)15-24-26(32)31(27(35)36-24)21-11-9-20(10-12-21)30(2)3/h5-15H,4,16H2,1-3H3/b24-15+. The Morgan fingerprint density at radius 3 is 2.42 bits per heavy atom. The van der Waals surface area contributed by atoms with E-state index in [0.717, 1.165) is 27.0 Å².